The third kappa shape index (κ3) is 2.63. The Balaban J connectivity index is 2.36. The summed E-state index contributed by atoms with van der Waals surface area (Å²) in [5.41, 5.74) is 9.23. The molecule has 2 aromatic rings. The normalized spacial score (nSPS) is 12.2. The average molecular weight is 263 g/mol. The number of pyridine rings is 1. The Morgan fingerprint density at radius 3 is 2.67 bits per heavy atom. The maximum atomic E-state index is 6.22. The second-order valence-electron chi connectivity index (χ2n) is 4.17. The molecule has 1 atom stereocenters. The zero-order valence-corrected chi connectivity index (χ0v) is 11.1. The Morgan fingerprint density at radius 2 is 2.00 bits per heavy atom. The third-order valence-corrected chi connectivity index (χ3v) is 3.10. The second kappa shape index (κ2) is 5.38. The SMILES string of the molecule is COc1cc(C(N)c2cncc(C)c2)ccc1Cl. The van der Waals surface area contributed by atoms with Crippen LogP contribution in [-0.4, -0.2) is 12.1 Å². The van der Waals surface area contributed by atoms with Gasteiger partial charge in [0.05, 0.1) is 18.2 Å². The van der Waals surface area contributed by atoms with Crippen molar-refractivity contribution in [2.45, 2.75) is 13.0 Å². The fourth-order valence-electron chi connectivity index (χ4n) is 1.81. The quantitative estimate of drug-likeness (QED) is 0.925. The van der Waals surface area contributed by atoms with Gasteiger partial charge >= 0.3 is 0 Å². The largest absolute Gasteiger partial charge is 0.495 e. The van der Waals surface area contributed by atoms with E-state index in [1.165, 1.54) is 0 Å². The summed E-state index contributed by atoms with van der Waals surface area (Å²) >= 11 is 5.99. The first kappa shape index (κ1) is 12.9. The first-order valence-corrected chi connectivity index (χ1v) is 6.00. The Labute approximate surface area is 112 Å². The van der Waals surface area contributed by atoms with Gasteiger partial charge in [-0.15, -0.1) is 0 Å². The molecule has 1 aromatic heterocycles. The molecule has 94 valence electrons. The van der Waals surface area contributed by atoms with Crippen LogP contribution in [0.5, 0.6) is 5.75 Å². The topological polar surface area (TPSA) is 48.1 Å². The number of nitrogens with two attached hydrogens (primary N) is 1. The van der Waals surface area contributed by atoms with E-state index in [-0.39, 0.29) is 6.04 Å². The van der Waals surface area contributed by atoms with E-state index in [1.54, 1.807) is 25.6 Å². The molecule has 2 N–H and O–H groups in total. The number of benzene rings is 1. The minimum atomic E-state index is -0.233. The summed E-state index contributed by atoms with van der Waals surface area (Å²) in [6.45, 7) is 1.99. The predicted octanol–water partition coefficient (Wildman–Crippen LogP) is 3.10. The number of methoxy groups -OCH3 is 1. The van der Waals surface area contributed by atoms with Crippen LogP contribution in [-0.2, 0) is 0 Å². The van der Waals surface area contributed by atoms with Gasteiger partial charge in [-0.05, 0) is 35.7 Å². The highest BCUT2D eigenvalue weighted by Gasteiger charge is 2.11. The molecular formula is C14H15ClN2O. The van der Waals surface area contributed by atoms with Crippen molar-refractivity contribution < 1.29 is 4.74 Å². The summed E-state index contributed by atoms with van der Waals surface area (Å²) in [5.74, 6) is 0.630. The van der Waals surface area contributed by atoms with E-state index in [9.17, 15) is 0 Å². The molecule has 4 heteroatoms. The molecule has 18 heavy (non-hydrogen) atoms. The van der Waals surface area contributed by atoms with Gasteiger partial charge in [0.15, 0.2) is 0 Å². The minimum Gasteiger partial charge on any atom is -0.495 e. The highest BCUT2D eigenvalue weighted by atomic mass is 35.5. The number of hydrogen-bond acceptors (Lipinski definition) is 3. The van der Waals surface area contributed by atoms with E-state index >= 15 is 0 Å². The highest BCUT2D eigenvalue weighted by molar-refractivity contribution is 6.32. The lowest BCUT2D eigenvalue weighted by atomic mass is 10.00. The van der Waals surface area contributed by atoms with Gasteiger partial charge < -0.3 is 10.5 Å². The number of hydrogen-bond donors (Lipinski definition) is 1. The van der Waals surface area contributed by atoms with E-state index in [0.717, 1.165) is 16.7 Å². The van der Waals surface area contributed by atoms with Crippen molar-refractivity contribution in [3.63, 3.8) is 0 Å². The molecule has 0 bridgehead atoms. The molecule has 0 aliphatic heterocycles. The zero-order chi connectivity index (χ0) is 13.1. The number of rotatable bonds is 3. The van der Waals surface area contributed by atoms with E-state index in [2.05, 4.69) is 4.98 Å². The summed E-state index contributed by atoms with van der Waals surface area (Å²) in [5, 5.41) is 0.579. The number of halogens is 1. The number of aryl methyl sites for hydroxylation is 1. The maximum absolute atomic E-state index is 6.22. The standard InChI is InChI=1S/C14H15ClN2O/c1-9-5-11(8-17-7-9)14(16)10-3-4-12(15)13(6-10)18-2/h3-8,14H,16H2,1-2H3. The van der Waals surface area contributed by atoms with Crippen molar-refractivity contribution in [1.29, 1.82) is 0 Å². The molecule has 3 nitrogen and oxygen atoms in total. The van der Waals surface area contributed by atoms with Crippen molar-refractivity contribution >= 4 is 11.6 Å². The predicted molar refractivity (Wildman–Crippen MR) is 73.0 cm³/mol. The van der Waals surface area contributed by atoms with Crippen molar-refractivity contribution in [2.24, 2.45) is 5.73 Å². The Kier molecular flexibility index (Phi) is 3.84. The molecule has 0 saturated carbocycles. The molecule has 1 unspecified atom stereocenters. The molecule has 0 spiro atoms. The van der Waals surface area contributed by atoms with Gasteiger partial charge in [0.25, 0.3) is 0 Å². The van der Waals surface area contributed by atoms with Crippen LogP contribution in [0.4, 0.5) is 0 Å². The van der Waals surface area contributed by atoms with Gasteiger partial charge in [-0.25, -0.2) is 0 Å². The van der Waals surface area contributed by atoms with Crippen LogP contribution < -0.4 is 10.5 Å². The van der Waals surface area contributed by atoms with Gasteiger partial charge in [0, 0.05) is 12.4 Å². The fourth-order valence-corrected chi connectivity index (χ4v) is 2.01. The third-order valence-electron chi connectivity index (χ3n) is 2.79. The zero-order valence-electron chi connectivity index (χ0n) is 10.4. The Hall–Kier alpha value is -1.58. The van der Waals surface area contributed by atoms with E-state index in [1.807, 2.05) is 25.1 Å². The molecule has 0 radical (unpaired) electrons. The lowest BCUT2D eigenvalue weighted by Gasteiger charge is -2.14. The van der Waals surface area contributed by atoms with Crippen LogP contribution in [0.15, 0.2) is 36.7 Å². The van der Waals surface area contributed by atoms with Crippen LogP contribution in [0, 0.1) is 6.92 Å². The second-order valence-corrected chi connectivity index (χ2v) is 4.57. The van der Waals surface area contributed by atoms with Crippen LogP contribution in [0.2, 0.25) is 5.02 Å². The maximum Gasteiger partial charge on any atom is 0.137 e. The summed E-state index contributed by atoms with van der Waals surface area (Å²) in [7, 11) is 1.59. The number of ether oxygens (including phenoxy) is 1. The molecule has 0 saturated heterocycles. The summed E-state index contributed by atoms with van der Waals surface area (Å²) in [6.07, 6.45) is 3.58. The van der Waals surface area contributed by atoms with Crippen LogP contribution >= 0.6 is 11.6 Å². The lowest BCUT2D eigenvalue weighted by Crippen LogP contribution is -2.12. The van der Waals surface area contributed by atoms with Crippen molar-refractivity contribution in [3.05, 3.63) is 58.4 Å². The van der Waals surface area contributed by atoms with E-state index in [4.69, 9.17) is 22.1 Å². The number of aromatic nitrogens is 1. The minimum absolute atomic E-state index is 0.233. The lowest BCUT2D eigenvalue weighted by molar-refractivity contribution is 0.414. The Bertz CT molecular complexity index is 557. The molecule has 0 fully saturated rings. The van der Waals surface area contributed by atoms with Crippen LogP contribution in [0.1, 0.15) is 22.7 Å². The van der Waals surface area contributed by atoms with Gasteiger partial charge in [-0.1, -0.05) is 23.7 Å². The molecule has 0 aliphatic carbocycles. The molecular weight excluding hydrogens is 248 g/mol. The first-order chi connectivity index (χ1) is 8.61. The Morgan fingerprint density at radius 1 is 1.22 bits per heavy atom. The monoisotopic (exact) mass is 262 g/mol. The van der Waals surface area contributed by atoms with Gasteiger partial charge in [0.2, 0.25) is 0 Å². The molecule has 1 aromatic carbocycles. The van der Waals surface area contributed by atoms with Gasteiger partial charge in [-0.3, -0.25) is 4.98 Å². The van der Waals surface area contributed by atoms with E-state index in [0.29, 0.717) is 10.8 Å². The number of nitrogens with zero attached hydrogens (tertiary/aromatic N) is 1. The average Bonchev–Trinajstić information content (AvgIpc) is 2.38. The van der Waals surface area contributed by atoms with E-state index < -0.39 is 0 Å². The van der Waals surface area contributed by atoms with Crippen LogP contribution in [0.3, 0.4) is 0 Å². The molecule has 2 rings (SSSR count). The summed E-state index contributed by atoms with van der Waals surface area (Å²) in [4.78, 5) is 4.15. The van der Waals surface area contributed by atoms with Crippen molar-refractivity contribution in [1.82, 2.24) is 4.98 Å². The molecule has 0 aliphatic rings. The van der Waals surface area contributed by atoms with Crippen LogP contribution in [0.25, 0.3) is 0 Å². The van der Waals surface area contributed by atoms with Gasteiger partial charge in [-0.2, -0.15) is 0 Å². The fraction of sp³-hybridized carbons (Fsp3) is 0.214. The van der Waals surface area contributed by atoms with Crippen molar-refractivity contribution in [2.75, 3.05) is 7.11 Å². The smallest absolute Gasteiger partial charge is 0.137 e. The van der Waals surface area contributed by atoms with Crippen molar-refractivity contribution in [3.8, 4) is 5.75 Å². The highest BCUT2D eigenvalue weighted by Crippen LogP contribution is 2.29. The van der Waals surface area contributed by atoms with Gasteiger partial charge in [0.1, 0.15) is 5.75 Å². The summed E-state index contributed by atoms with van der Waals surface area (Å²) in [6, 6.07) is 7.34. The first-order valence-electron chi connectivity index (χ1n) is 5.62. The summed E-state index contributed by atoms with van der Waals surface area (Å²) < 4.78 is 5.19. The molecule has 0 amide bonds. The molecule has 1 heterocycles.